The fraction of sp³-hybridized carbons (Fsp3) is 0.800. The van der Waals surface area contributed by atoms with Crippen LogP contribution in [0.25, 0.3) is 0 Å². The molecule has 0 fully saturated rings. The molecule has 0 bridgehead atoms. The quantitative estimate of drug-likeness (QED) is 0.539. The number of rotatable bonds is 6. The largest absolute Gasteiger partial charge is 0.699 e. The van der Waals surface area contributed by atoms with Gasteiger partial charge in [-0.15, -0.1) is 9.05 Å². The summed E-state index contributed by atoms with van der Waals surface area (Å²) in [4.78, 5) is 22.6. The van der Waals surface area contributed by atoms with Gasteiger partial charge in [0.2, 0.25) is 11.2 Å². The lowest BCUT2D eigenvalue weighted by Crippen LogP contribution is -2.37. The predicted molar refractivity (Wildman–Crippen MR) is 62.0 cm³/mol. The Morgan fingerprint density at radius 3 is 1.33 bits per heavy atom. The van der Waals surface area contributed by atoms with E-state index in [9.17, 15) is 14.2 Å². The van der Waals surface area contributed by atoms with E-state index in [-0.39, 0.29) is 0 Å². The van der Waals surface area contributed by atoms with Gasteiger partial charge in [-0.1, -0.05) is 0 Å². The van der Waals surface area contributed by atoms with Crippen molar-refractivity contribution in [2.45, 2.75) is 38.9 Å². The summed E-state index contributed by atoms with van der Waals surface area (Å²) in [5.41, 5.74) is -2.87. The van der Waals surface area contributed by atoms with Crippen molar-refractivity contribution in [1.82, 2.24) is 0 Å². The molecule has 0 aromatic heterocycles. The molecule has 104 valence electrons. The zero-order valence-electron chi connectivity index (χ0n) is 11.3. The maximum absolute atomic E-state index is 11.6. The van der Waals surface area contributed by atoms with Gasteiger partial charge in [-0.3, -0.25) is 0 Å². The van der Waals surface area contributed by atoms with E-state index < -0.39 is 31.4 Å². The van der Waals surface area contributed by atoms with Crippen molar-refractivity contribution in [1.29, 1.82) is 0 Å². The lowest BCUT2D eigenvalue weighted by molar-refractivity contribution is -0.159. The van der Waals surface area contributed by atoms with Crippen LogP contribution < -0.4 is 0 Å². The lowest BCUT2D eigenvalue weighted by atomic mass is 10.1. The second-order valence-corrected chi connectivity index (χ2v) is 5.22. The third-order valence-electron chi connectivity index (χ3n) is 1.96. The Hall–Kier alpha value is -1.04. The molecular weight excluding hydrogens is 263 g/mol. The van der Waals surface area contributed by atoms with Crippen LogP contribution in [0.2, 0.25) is 0 Å². The minimum absolute atomic E-state index is 0.703. The van der Waals surface area contributed by atoms with Crippen molar-refractivity contribution < 1.29 is 32.7 Å². The van der Waals surface area contributed by atoms with Crippen molar-refractivity contribution in [2.24, 2.45) is 0 Å². The molecule has 0 saturated carbocycles. The molecule has 0 amide bonds. The van der Waals surface area contributed by atoms with E-state index in [1.165, 1.54) is 41.9 Å². The van der Waals surface area contributed by atoms with Crippen molar-refractivity contribution in [3.05, 3.63) is 0 Å². The molecule has 0 radical (unpaired) electrons. The molecule has 0 spiro atoms. The van der Waals surface area contributed by atoms with Crippen molar-refractivity contribution >= 4 is 20.2 Å². The van der Waals surface area contributed by atoms with E-state index in [4.69, 9.17) is 9.05 Å². The molecule has 7 nitrogen and oxygen atoms in total. The van der Waals surface area contributed by atoms with Crippen molar-refractivity contribution in [2.75, 3.05) is 14.2 Å². The molecule has 0 unspecified atom stereocenters. The third kappa shape index (κ3) is 4.68. The summed E-state index contributed by atoms with van der Waals surface area (Å²) in [6.07, 6.45) is 0. The first kappa shape index (κ1) is 17.0. The second kappa shape index (κ2) is 6.22. The third-order valence-corrected chi connectivity index (χ3v) is 3.17. The Balaban J connectivity index is 4.62. The Kier molecular flexibility index (Phi) is 5.86. The maximum Gasteiger partial charge on any atom is 0.699 e. The van der Waals surface area contributed by atoms with E-state index in [0.717, 1.165) is 0 Å². The number of carbonyl (C=O) groups is 2. The van der Waals surface area contributed by atoms with Crippen LogP contribution in [0.4, 0.5) is 0 Å². The van der Waals surface area contributed by atoms with Gasteiger partial charge in [-0.2, -0.15) is 0 Å². The highest BCUT2D eigenvalue weighted by molar-refractivity contribution is 7.33. The van der Waals surface area contributed by atoms with Gasteiger partial charge in [0.25, 0.3) is 0 Å². The maximum atomic E-state index is 11.6. The summed E-state index contributed by atoms with van der Waals surface area (Å²) in [7, 11) is -0.324. The first-order chi connectivity index (χ1) is 8.06. The van der Waals surface area contributed by atoms with E-state index in [2.05, 4.69) is 9.47 Å². The normalized spacial score (nSPS) is 11.9. The van der Waals surface area contributed by atoms with Crippen LogP contribution in [0.1, 0.15) is 27.7 Å². The highest BCUT2D eigenvalue weighted by Crippen LogP contribution is 2.36. The van der Waals surface area contributed by atoms with Gasteiger partial charge < -0.3 is 9.47 Å². The zero-order chi connectivity index (χ0) is 14.6. The van der Waals surface area contributed by atoms with E-state index in [1.54, 1.807) is 0 Å². The number of esters is 2. The van der Waals surface area contributed by atoms with Crippen LogP contribution in [-0.4, -0.2) is 37.4 Å². The van der Waals surface area contributed by atoms with E-state index in [1.807, 2.05) is 0 Å². The van der Waals surface area contributed by atoms with Crippen LogP contribution in [-0.2, 0) is 32.7 Å². The van der Waals surface area contributed by atoms with Gasteiger partial charge in [0.1, 0.15) is 0 Å². The van der Waals surface area contributed by atoms with Gasteiger partial charge in [0.15, 0.2) is 0 Å². The van der Waals surface area contributed by atoms with E-state index in [0.29, 0.717) is 0 Å². The smallest absolute Gasteiger partial charge is 0.467 e. The Bertz CT molecular complexity index is 316. The van der Waals surface area contributed by atoms with Gasteiger partial charge in [-0.05, 0) is 27.7 Å². The fourth-order valence-corrected chi connectivity index (χ4v) is 1.89. The Morgan fingerprint density at radius 2 is 1.11 bits per heavy atom. The standard InChI is InChI=1S/C10H18O7P/c1-9(2,7(11)14-5)16-18(13)17-10(3,4)8(12)15-6/h1-6H3/q+1. The van der Waals surface area contributed by atoms with Gasteiger partial charge >= 0.3 is 20.2 Å². The summed E-state index contributed by atoms with van der Waals surface area (Å²) < 4.78 is 30.4. The van der Waals surface area contributed by atoms with Crippen molar-refractivity contribution in [3.8, 4) is 0 Å². The van der Waals surface area contributed by atoms with Crippen LogP contribution >= 0.6 is 8.25 Å². The van der Waals surface area contributed by atoms with Gasteiger partial charge in [0, 0.05) is 4.57 Å². The predicted octanol–water partition coefficient (Wildman–Crippen LogP) is 1.58. The average molecular weight is 281 g/mol. The molecule has 0 aliphatic heterocycles. The zero-order valence-corrected chi connectivity index (χ0v) is 12.2. The second-order valence-electron chi connectivity index (χ2n) is 4.41. The van der Waals surface area contributed by atoms with E-state index >= 15 is 0 Å². The molecule has 0 saturated heterocycles. The molecule has 0 aromatic rings. The highest BCUT2D eigenvalue weighted by atomic mass is 31.1. The molecule has 0 rings (SSSR count). The van der Waals surface area contributed by atoms with Crippen LogP contribution in [0.3, 0.4) is 0 Å². The summed E-state index contributed by atoms with van der Waals surface area (Å²) in [6.45, 7) is 5.50. The summed E-state index contributed by atoms with van der Waals surface area (Å²) >= 11 is 0. The number of methoxy groups -OCH3 is 2. The molecule has 0 aliphatic rings. The van der Waals surface area contributed by atoms with Gasteiger partial charge in [-0.25, -0.2) is 9.59 Å². The van der Waals surface area contributed by atoms with Crippen LogP contribution in [0, 0.1) is 0 Å². The minimum Gasteiger partial charge on any atom is -0.467 e. The first-order valence-corrected chi connectivity index (χ1v) is 6.18. The summed E-state index contributed by atoms with van der Waals surface area (Å²) in [6, 6.07) is 0. The summed E-state index contributed by atoms with van der Waals surface area (Å²) in [5.74, 6) is -1.41. The van der Waals surface area contributed by atoms with Crippen molar-refractivity contribution in [3.63, 3.8) is 0 Å². The number of hydrogen-bond acceptors (Lipinski definition) is 7. The molecule has 0 aromatic carbocycles. The summed E-state index contributed by atoms with van der Waals surface area (Å²) in [5, 5.41) is 0. The molecule has 0 atom stereocenters. The highest BCUT2D eigenvalue weighted by Gasteiger charge is 2.47. The monoisotopic (exact) mass is 281 g/mol. The minimum atomic E-state index is -2.68. The molecule has 0 heterocycles. The Labute approximate surface area is 107 Å². The lowest BCUT2D eigenvalue weighted by Gasteiger charge is -2.17. The number of ether oxygens (including phenoxy) is 2. The fourth-order valence-electron chi connectivity index (χ4n) is 0.957. The van der Waals surface area contributed by atoms with Gasteiger partial charge in [0.05, 0.1) is 14.2 Å². The molecule has 8 heteroatoms. The van der Waals surface area contributed by atoms with Crippen LogP contribution in [0.15, 0.2) is 0 Å². The number of carbonyl (C=O) groups excluding carboxylic acids is 2. The number of hydrogen-bond donors (Lipinski definition) is 0. The first-order valence-electron chi connectivity index (χ1n) is 5.09. The average Bonchev–Trinajstić information content (AvgIpc) is 2.24. The Morgan fingerprint density at radius 1 is 0.833 bits per heavy atom. The SMILES string of the molecule is COC(=O)C(C)(C)O[P+](=O)OC(C)(C)C(=O)OC. The molecule has 0 aliphatic carbocycles. The molecule has 0 N–H and O–H groups in total. The van der Waals surface area contributed by atoms with Crippen LogP contribution in [0.5, 0.6) is 0 Å². The topological polar surface area (TPSA) is 88.1 Å². The molecule has 18 heavy (non-hydrogen) atoms. The molecular formula is C10H18O7P+.